The van der Waals surface area contributed by atoms with E-state index in [-0.39, 0.29) is 5.82 Å². The first-order valence-corrected chi connectivity index (χ1v) is 16.4. The van der Waals surface area contributed by atoms with Crippen LogP contribution in [0.25, 0.3) is 66.1 Å². The zero-order chi connectivity index (χ0) is 33.6. The van der Waals surface area contributed by atoms with Crippen LogP contribution in [0.15, 0.2) is 186 Å². The van der Waals surface area contributed by atoms with Gasteiger partial charge in [0.2, 0.25) is 0 Å². The lowest BCUT2D eigenvalue weighted by atomic mass is 9.90. The second-order valence-corrected chi connectivity index (χ2v) is 12.1. The molecule has 2 nitrogen and oxygen atoms in total. The normalized spacial score (nSPS) is 11.7. The minimum atomic E-state index is -0.257. The molecule has 0 N–H and O–H groups in total. The molecular weight excluding hydrogens is 602 g/mol. The van der Waals surface area contributed by atoms with Crippen LogP contribution < -0.4 is 4.90 Å². The van der Waals surface area contributed by atoms with E-state index in [0.29, 0.717) is 11.6 Å². The van der Waals surface area contributed by atoms with Crippen LogP contribution in [-0.4, -0.2) is 0 Å². The minimum Gasteiger partial charge on any atom is -0.456 e. The number of rotatable bonds is 6. The van der Waals surface area contributed by atoms with E-state index in [2.05, 4.69) is 132 Å². The van der Waals surface area contributed by atoms with Crippen LogP contribution in [0.4, 0.5) is 21.5 Å². The van der Waals surface area contributed by atoms with Crippen molar-refractivity contribution >= 4 is 49.8 Å². The van der Waals surface area contributed by atoms with Crippen LogP contribution in [0.2, 0.25) is 0 Å². The van der Waals surface area contributed by atoms with E-state index in [1.165, 1.54) is 12.1 Å². The molecule has 0 unspecified atom stereocenters. The fraction of sp³-hybridized carbons (Fsp3) is 0. The molecule has 0 amide bonds. The summed E-state index contributed by atoms with van der Waals surface area (Å²) in [5.41, 5.74) is 10.6. The molecule has 0 radical (unpaired) electrons. The Morgan fingerprint density at radius 3 is 1.88 bits per heavy atom. The molecular formula is C46H30FNO. The molecule has 232 valence electrons. The highest BCUT2D eigenvalue weighted by Gasteiger charge is 2.22. The van der Waals surface area contributed by atoms with Crippen molar-refractivity contribution in [1.82, 2.24) is 0 Å². The summed E-state index contributed by atoms with van der Waals surface area (Å²) in [4.78, 5) is 2.31. The Bertz CT molecular complexity index is 2670. The van der Waals surface area contributed by atoms with E-state index in [0.717, 1.165) is 77.6 Å². The van der Waals surface area contributed by atoms with Crippen molar-refractivity contribution in [3.63, 3.8) is 0 Å². The number of hydrogen-bond acceptors (Lipinski definition) is 2. The average Bonchev–Trinajstić information content (AvgIpc) is 3.55. The molecule has 49 heavy (non-hydrogen) atoms. The smallest absolute Gasteiger partial charge is 0.137 e. The topological polar surface area (TPSA) is 16.4 Å². The van der Waals surface area contributed by atoms with Gasteiger partial charge in [-0.3, -0.25) is 0 Å². The highest BCUT2D eigenvalue weighted by Crippen LogP contribution is 2.47. The Morgan fingerprint density at radius 2 is 1.08 bits per heavy atom. The SMILES string of the molecule is [2H]c1cccc2c1oc1cc(N(c3ccccc3-c3ccccc3)c3ccccc3-c3cccc4cccc(-c5ccc(F)cc5)c34)ccc12. The van der Waals surface area contributed by atoms with Gasteiger partial charge in [-0.15, -0.1) is 0 Å². The molecule has 9 rings (SSSR count). The number of halogens is 1. The lowest BCUT2D eigenvalue weighted by molar-refractivity contribution is 0.628. The van der Waals surface area contributed by atoms with Crippen molar-refractivity contribution in [2.24, 2.45) is 0 Å². The number of hydrogen-bond donors (Lipinski definition) is 0. The van der Waals surface area contributed by atoms with E-state index >= 15 is 0 Å². The molecule has 0 fully saturated rings. The summed E-state index contributed by atoms with van der Waals surface area (Å²) in [5.74, 6) is -0.257. The second kappa shape index (κ2) is 12.0. The molecule has 0 atom stereocenters. The Hall–Kier alpha value is -6.45. The monoisotopic (exact) mass is 632 g/mol. The van der Waals surface area contributed by atoms with Gasteiger partial charge in [-0.2, -0.15) is 0 Å². The molecule has 0 aliphatic heterocycles. The molecule has 8 aromatic carbocycles. The highest BCUT2D eigenvalue weighted by atomic mass is 19.1. The van der Waals surface area contributed by atoms with E-state index in [4.69, 9.17) is 5.79 Å². The fourth-order valence-corrected chi connectivity index (χ4v) is 7.06. The van der Waals surface area contributed by atoms with Crippen molar-refractivity contribution in [2.75, 3.05) is 4.90 Å². The molecule has 3 heteroatoms. The zero-order valence-electron chi connectivity index (χ0n) is 27.5. The summed E-state index contributed by atoms with van der Waals surface area (Å²) in [7, 11) is 0. The number of fused-ring (bicyclic) bond motifs is 4. The molecule has 0 saturated carbocycles. The maximum atomic E-state index is 14.0. The van der Waals surface area contributed by atoms with E-state index in [9.17, 15) is 4.39 Å². The van der Waals surface area contributed by atoms with E-state index in [1.807, 2.05) is 30.3 Å². The number of furan rings is 1. The molecule has 0 aliphatic carbocycles. The number of benzene rings is 8. The van der Waals surface area contributed by atoms with E-state index in [1.54, 1.807) is 6.07 Å². The summed E-state index contributed by atoms with van der Waals surface area (Å²) >= 11 is 0. The second-order valence-electron chi connectivity index (χ2n) is 12.1. The van der Waals surface area contributed by atoms with Gasteiger partial charge in [0.05, 0.1) is 12.7 Å². The molecule has 0 aliphatic rings. The van der Waals surface area contributed by atoms with Crippen molar-refractivity contribution in [2.45, 2.75) is 0 Å². The first kappa shape index (κ1) is 27.6. The van der Waals surface area contributed by atoms with Gasteiger partial charge >= 0.3 is 0 Å². The maximum absolute atomic E-state index is 14.0. The fourth-order valence-electron chi connectivity index (χ4n) is 7.06. The van der Waals surface area contributed by atoms with Gasteiger partial charge in [0.25, 0.3) is 0 Å². The molecule has 1 aromatic heterocycles. The van der Waals surface area contributed by atoms with Crippen molar-refractivity contribution in [3.8, 4) is 33.4 Å². The number of para-hydroxylation sites is 3. The minimum absolute atomic E-state index is 0.257. The van der Waals surface area contributed by atoms with Crippen molar-refractivity contribution < 1.29 is 10.2 Å². The first-order valence-electron chi connectivity index (χ1n) is 16.9. The van der Waals surface area contributed by atoms with Crippen LogP contribution in [-0.2, 0) is 0 Å². The Labute approximate surface area is 285 Å². The predicted molar refractivity (Wildman–Crippen MR) is 202 cm³/mol. The van der Waals surface area contributed by atoms with E-state index < -0.39 is 0 Å². The van der Waals surface area contributed by atoms with Gasteiger partial charge in [0, 0.05) is 33.7 Å². The molecule has 9 aromatic rings. The maximum Gasteiger partial charge on any atom is 0.137 e. The van der Waals surface area contributed by atoms with Gasteiger partial charge in [-0.25, -0.2) is 4.39 Å². The summed E-state index contributed by atoms with van der Waals surface area (Å²) in [5, 5.41) is 4.10. The first-order chi connectivity index (χ1) is 24.6. The van der Waals surface area contributed by atoms with Crippen LogP contribution in [0.1, 0.15) is 1.37 Å². The van der Waals surface area contributed by atoms with Gasteiger partial charge < -0.3 is 9.32 Å². The lowest BCUT2D eigenvalue weighted by Gasteiger charge is -2.30. The van der Waals surface area contributed by atoms with Gasteiger partial charge in [0.15, 0.2) is 0 Å². The van der Waals surface area contributed by atoms with Crippen LogP contribution in [0, 0.1) is 5.82 Å². The Morgan fingerprint density at radius 1 is 0.469 bits per heavy atom. The largest absolute Gasteiger partial charge is 0.456 e. The van der Waals surface area contributed by atoms with Crippen molar-refractivity contribution in [1.29, 1.82) is 0 Å². The summed E-state index contributed by atoms with van der Waals surface area (Å²) < 4.78 is 28.9. The van der Waals surface area contributed by atoms with Crippen molar-refractivity contribution in [3.05, 3.63) is 188 Å². The summed E-state index contributed by atoms with van der Waals surface area (Å²) in [6.07, 6.45) is 0. The third kappa shape index (κ3) is 5.04. The zero-order valence-corrected chi connectivity index (χ0v) is 26.5. The van der Waals surface area contributed by atoms with Crippen LogP contribution in [0.3, 0.4) is 0 Å². The van der Waals surface area contributed by atoms with Crippen LogP contribution in [0.5, 0.6) is 0 Å². The van der Waals surface area contributed by atoms with Crippen LogP contribution >= 0.6 is 0 Å². The third-order valence-electron chi connectivity index (χ3n) is 9.27. The third-order valence-corrected chi connectivity index (χ3v) is 9.27. The molecule has 0 saturated heterocycles. The summed E-state index contributed by atoms with van der Waals surface area (Å²) in [6.45, 7) is 0. The van der Waals surface area contributed by atoms with Gasteiger partial charge in [0.1, 0.15) is 17.0 Å². The average molecular weight is 633 g/mol. The highest BCUT2D eigenvalue weighted by molar-refractivity contribution is 6.10. The Balaban J connectivity index is 1.33. The van der Waals surface area contributed by atoms with Gasteiger partial charge in [-0.05, 0) is 75.5 Å². The van der Waals surface area contributed by atoms with Gasteiger partial charge in [-0.1, -0.05) is 133 Å². The molecule has 1 heterocycles. The quantitative estimate of drug-likeness (QED) is 0.181. The Kier molecular flexibility index (Phi) is 6.75. The number of nitrogens with zero attached hydrogens (tertiary/aromatic N) is 1. The molecule has 0 spiro atoms. The molecule has 0 bridgehead atoms. The predicted octanol–water partition coefficient (Wildman–Crippen LogP) is 13.3. The standard InChI is InChI=1S/C46H30FNO/c47-34-26-24-32(25-27-34)37-19-10-14-33-15-11-20-41(46(33)37)38-17-5-8-22-43(38)48(42-21-7-4-16-36(42)31-12-2-1-3-13-31)35-28-29-40-39-18-6-9-23-44(39)49-45(40)30-35/h1-30H/i23D. The lowest BCUT2D eigenvalue weighted by Crippen LogP contribution is -2.12. The number of anilines is 3. The summed E-state index contributed by atoms with van der Waals surface area (Å²) in [6, 6.07) is 59.2.